The van der Waals surface area contributed by atoms with Crippen molar-refractivity contribution < 1.29 is 0 Å². The summed E-state index contributed by atoms with van der Waals surface area (Å²) in [6.07, 6.45) is 0.923. The lowest BCUT2D eigenvalue weighted by Gasteiger charge is -2.19. The van der Waals surface area contributed by atoms with Crippen molar-refractivity contribution in [3.63, 3.8) is 0 Å². The Hall–Kier alpha value is -2.27. The molecule has 118 valence electrons. The second-order valence-electron chi connectivity index (χ2n) is 5.55. The average molecular weight is 324 g/mol. The Labute approximate surface area is 140 Å². The standard InChI is InChI=1S/C18H20N4S/c1-12-6-8-14(9-7-12)20-18(19)22-21-16-10-11-23-17-13(2)4-3-5-15(16)17/h3-9H,10-11H2,1-2H3,(H3,19,20,22)/b21-16+. The highest BCUT2D eigenvalue weighted by atomic mass is 32.2. The number of hydrogen-bond donors (Lipinski definition) is 2. The first-order chi connectivity index (χ1) is 11.1. The van der Waals surface area contributed by atoms with Gasteiger partial charge in [-0.2, -0.15) is 5.10 Å². The lowest BCUT2D eigenvalue weighted by atomic mass is 10.0. The van der Waals surface area contributed by atoms with Gasteiger partial charge in [0.15, 0.2) is 0 Å². The van der Waals surface area contributed by atoms with Gasteiger partial charge in [0.05, 0.1) is 11.4 Å². The van der Waals surface area contributed by atoms with Crippen LogP contribution in [0.4, 0.5) is 5.69 Å². The van der Waals surface area contributed by atoms with E-state index in [9.17, 15) is 0 Å². The van der Waals surface area contributed by atoms with Crippen LogP contribution in [0, 0.1) is 13.8 Å². The maximum atomic E-state index is 5.94. The van der Waals surface area contributed by atoms with Crippen LogP contribution in [0.1, 0.15) is 23.1 Å². The van der Waals surface area contributed by atoms with E-state index >= 15 is 0 Å². The molecule has 0 fully saturated rings. The van der Waals surface area contributed by atoms with Gasteiger partial charge in [-0.1, -0.05) is 35.9 Å². The molecule has 0 saturated carbocycles. The minimum absolute atomic E-state index is 0.300. The molecule has 2 aromatic rings. The summed E-state index contributed by atoms with van der Waals surface area (Å²) < 4.78 is 0. The molecule has 2 aromatic carbocycles. The minimum Gasteiger partial charge on any atom is -0.368 e. The molecular weight excluding hydrogens is 304 g/mol. The van der Waals surface area contributed by atoms with Crippen LogP contribution in [-0.2, 0) is 0 Å². The van der Waals surface area contributed by atoms with Crippen LogP contribution >= 0.6 is 11.8 Å². The zero-order valence-corrected chi connectivity index (χ0v) is 14.2. The molecular formula is C18H20N4S. The summed E-state index contributed by atoms with van der Waals surface area (Å²) in [7, 11) is 0. The van der Waals surface area contributed by atoms with E-state index in [1.54, 1.807) is 0 Å². The molecule has 0 radical (unpaired) electrons. The highest BCUT2D eigenvalue weighted by molar-refractivity contribution is 7.99. The van der Waals surface area contributed by atoms with Crippen LogP contribution in [0.5, 0.6) is 0 Å². The van der Waals surface area contributed by atoms with Gasteiger partial charge in [-0.25, -0.2) is 10.4 Å². The van der Waals surface area contributed by atoms with Gasteiger partial charge < -0.3 is 5.73 Å². The summed E-state index contributed by atoms with van der Waals surface area (Å²) in [6.45, 7) is 4.18. The van der Waals surface area contributed by atoms with Gasteiger partial charge in [0, 0.05) is 22.6 Å². The highest BCUT2D eigenvalue weighted by Crippen LogP contribution is 2.32. The number of nitrogens with one attached hydrogen (secondary N) is 1. The van der Waals surface area contributed by atoms with Crippen LogP contribution in [0.3, 0.4) is 0 Å². The molecule has 0 amide bonds. The van der Waals surface area contributed by atoms with Crippen molar-refractivity contribution >= 4 is 29.1 Å². The molecule has 1 heterocycles. The average Bonchev–Trinajstić information content (AvgIpc) is 2.55. The summed E-state index contributed by atoms with van der Waals surface area (Å²) in [4.78, 5) is 5.64. The zero-order chi connectivity index (χ0) is 16.2. The van der Waals surface area contributed by atoms with Crippen molar-refractivity contribution in [2.75, 3.05) is 5.75 Å². The molecule has 0 atom stereocenters. The van der Waals surface area contributed by atoms with Gasteiger partial charge in [0.2, 0.25) is 5.96 Å². The normalized spacial score (nSPS) is 16.3. The Balaban J connectivity index is 1.78. The monoisotopic (exact) mass is 324 g/mol. The summed E-state index contributed by atoms with van der Waals surface area (Å²) in [5, 5.41) is 4.48. The van der Waals surface area contributed by atoms with Crippen LogP contribution in [0.25, 0.3) is 0 Å². The highest BCUT2D eigenvalue weighted by Gasteiger charge is 2.17. The van der Waals surface area contributed by atoms with Crippen molar-refractivity contribution in [3.05, 3.63) is 59.2 Å². The molecule has 23 heavy (non-hydrogen) atoms. The molecule has 0 unspecified atom stereocenters. The van der Waals surface area contributed by atoms with E-state index in [0.717, 1.165) is 23.6 Å². The third-order valence-electron chi connectivity index (χ3n) is 3.70. The van der Waals surface area contributed by atoms with Crippen LogP contribution in [-0.4, -0.2) is 17.4 Å². The zero-order valence-electron chi connectivity index (χ0n) is 13.3. The molecule has 1 aliphatic rings. The second kappa shape index (κ2) is 6.87. The van der Waals surface area contributed by atoms with Gasteiger partial charge in [-0.05, 0) is 31.5 Å². The van der Waals surface area contributed by atoms with Crippen molar-refractivity contribution in [3.8, 4) is 0 Å². The Kier molecular flexibility index (Phi) is 4.67. The van der Waals surface area contributed by atoms with Gasteiger partial charge in [0.1, 0.15) is 0 Å². The molecule has 0 aliphatic carbocycles. The third kappa shape index (κ3) is 3.74. The molecule has 3 N–H and O–H groups in total. The Morgan fingerprint density at radius 3 is 2.70 bits per heavy atom. The van der Waals surface area contributed by atoms with Crippen molar-refractivity contribution in [1.82, 2.24) is 5.43 Å². The fraction of sp³-hybridized carbons (Fsp3) is 0.222. The van der Waals surface area contributed by atoms with Gasteiger partial charge in [-0.15, -0.1) is 11.8 Å². The maximum absolute atomic E-state index is 5.94. The lowest BCUT2D eigenvalue weighted by molar-refractivity contribution is 0.985. The molecule has 4 nitrogen and oxygen atoms in total. The molecule has 0 bridgehead atoms. The van der Waals surface area contributed by atoms with E-state index in [2.05, 4.69) is 40.6 Å². The molecule has 3 rings (SSSR count). The smallest absolute Gasteiger partial charge is 0.214 e. The first-order valence-corrected chi connectivity index (χ1v) is 8.58. The van der Waals surface area contributed by atoms with Gasteiger partial charge >= 0.3 is 0 Å². The predicted molar refractivity (Wildman–Crippen MR) is 98.7 cm³/mol. The molecule has 0 spiro atoms. The number of aliphatic imine (C=N–C) groups is 1. The number of hydrazone groups is 1. The number of nitrogens with zero attached hydrogens (tertiary/aromatic N) is 2. The van der Waals surface area contributed by atoms with Crippen molar-refractivity contribution in [2.45, 2.75) is 25.2 Å². The Morgan fingerprint density at radius 1 is 1.13 bits per heavy atom. The maximum Gasteiger partial charge on any atom is 0.214 e. The summed E-state index contributed by atoms with van der Waals surface area (Å²) in [6, 6.07) is 14.2. The third-order valence-corrected chi connectivity index (χ3v) is 4.94. The first-order valence-electron chi connectivity index (χ1n) is 7.59. The number of aryl methyl sites for hydroxylation is 2. The Morgan fingerprint density at radius 2 is 1.91 bits per heavy atom. The van der Waals surface area contributed by atoms with E-state index in [1.165, 1.54) is 21.6 Å². The number of fused-ring (bicyclic) bond motifs is 1. The number of rotatable bonds is 2. The van der Waals surface area contributed by atoms with Crippen LogP contribution < -0.4 is 11.2 Å². The van der Waals surface area contributed by atoms with Crippen molar-refractivity contribution in [2.24, 2.45) is 15.8 Å². The van der Waals surface area contributed by atoms with Gasteiger partial charge in [-0.3, -0.25) is 0 Å². The van der Waals surface area contributed by atoms with Crippen LogP contribution in [0.15, 0.2) is 57.5 Å². The number of nitrogens with two attached hydrogens (primary N) is 1. The lowest BCUT2D eigenvalue weighted by Crippen LogP contribution is -2.28. The predicted octanol–water partition coefficient (Wildman–Crippen LogP) is 3.74. The quantitative estimate of drug-likeness (QED) is 0.502. The number of guanidine groups is 1. The minimum atomic E-state index is 0.300. The fourth-order valence-corrected chi connectivity index (χ4v) is 3.62. The topological polar surface area (TPSA) is 62.8 Å². The van der Waals surface area contributed by atoms with Crippen LogP contribution in [0.2, 0.25) is 0 Å². The van der Waals surface area contributed by atoms with E-state index in [-0.39, 0.29) is 0 Å². The summed E-state index contributed by atoms with van der Waals surface area (Å²) in [5.41, 5.74) is 14.3. The molecule has 1 aliphatic heterocycles. The molecule has 5 heteroatoms. The van der Waals surface area contributed by atoms with E-state index in [4.69, 9.17) is 5.73 Å². The van der Waals surface area contributed by atoms with Crippen molar-refractivity contribution in [1.29, 1.82) is 0 Å². The summed E-state index contributed by atoms with van der Waals surface area (Å²) >= 11 is 1.89. The Bertz CT molecular complexity index is 763. The molecule has 0 aromatic heterocycles. The first kappa shape index (κ1) is 15.6. The number of thioether (sulfide) groups is 1. The summed E-state index contributed by atoms with van der Waals surface area (Å²) in [5.74, 6) is 1.33. The number of hydrogen-bond acceptors (Lipinski definition) is 3. The van der Waals surface area contributed by atoms with E-state index in [0.29, 0.717) is 5.96 Å². The second-order valence-corrected chi connectivity index (χ2v) is 6.66. The van der Waals surface area contributed by atoms with E-state index < -0.39 is 0 Å². The van der Waals surface area contributed by atoms with Gasteiger partial charge in [0.25, 0.3) is 0 Å². The molecule has 0 saturated heterocycles. The van der Waals surface area contributed by atoms with E-state index in [1.807, 2.05) is 43.0 Å². The SMILES string of the molecule is Cc1ccc(N=C(N)N/N=C2\CCSc3c(C)cccc32)cc1. The fourth-order valence-electron chi connectivity index (χ4n) is 2.48. The largest absolute Gasteiger partial charge is 0.368 e. The number of benzene rings is 2.